The van der Waals surface area contributed by atoms with Gasteiger partial charge in [-0.15, -0.1) is 0 Å². The monoisotopic (exact) mass is 487 g/mol. The number of anilines is 2. The molecular formula is C25H30FN3O4S. The number of halogens is 1. The first-order chi connectivity index (χ1) is 15.9. The Morgan fingerprint density at radius 3 is 2.62 bits per heavy atom. The molecule has 2 aliphatic heterocycles. The average molecular weight is 488 g/mol. The smallest absolute Gasteiger partial charge is 0.244 e. The minimum absolute atomic E-state index is 0.162. The molecular weight excluding hydrogens is 457 g/mol. The number of aryl methyl sites for hydroxylation is 1. The Kier molecular flexibility index (Phi) is 6.29. The van der Waals surface area contributed by atoms with Crippen LogP contribution in [0.3, 0.4) is 0 Å². The summed E-state index contributed by atoms with van der Waals surface area (Å²) in [5, 5.41) is 2.72. The first-order valence-corrected chi connectivity index (χ1v) is 12.9. The Balaban J connectivity index is 1.60. The quantitative estimate of drug-likeness (QED) is 0.695. The fourth-order valence-corrected chi connectivity index (χ4v) is 6.37. The van der Waals surface area contributed by atoms with Crippen molar-refractivity contribution in [1.29, 1.82) is 0 Å². The highest BCUT2D eigenvalue weighted by Crippen LogP contribution is 2.43. The Hall–Kier alpha value is -2.78. The Morgan fingerprint density at radius 2 is 1.94 bits per heavy atom. The number of nitrogens with one attached hydrogen (secondary N) is 1. The second-order valence-electron chi connectivity index (χ2n) is 9.81. The Bertz CT molecular complexity index is 1260. The summed E-state index contributed by atoms with van der Waals surface area (Å²) in [5.74, 6) is -0.805. The maximum Gasteiger partial charge on any atom is 0.244 e. The lowest BCUT2D eigenvalue weighted by Gasteiger charge is -2.30. The van der Waals surface area contributed by atoms with Crippen molar-refractivity contribution in [3.8, 4) is 0 Å². The number of hydrogen-bond donors (Lipinski definition) is 1. The second kappa shape index (κ2) is 8.78. The summed E-state index contributed by atoms with van der Waals surface area (Å²) in [4.78, 5) is 27.5. The summed E-state index contributed by atoms with van der Waals surface area (Å²) in [6.45, 7) is 7.93. The highest BCUT2D eigenvalue weighted by atomic mass is 32.2. The number of amides is 2. The van der Waals surface area contributed by atoms with Crippen LogP contribution in [0.5, 0.6) is 0 Å². The summed E-state index contributed by atoms with van der Waals surface area (Å²) in [6.07, 6.45) is 1.83. The maximum atomic E-state index is 13.4. The zero-order valence-electron chi connectivity index (χ0n) is 19.9. The largest absolute Gasteiger partial charge is 0.324 e. The molecule has 2 amide bonds. The Labute approximate surface area is 200 Å². The third-order valence-electron chi connectivity index (χ3n) is 6.73. The predicted octanol–water partition coefficient (Wildman–Crippen LogP) is 3.82. The van der Waals surface area contributed by atoms with Gasteiger partial charge >= 0.3 is 0 Å². The molecule has 1 saturated heterocycles. The van der Waals surface area contributed by atoms with Crippen molar-refractivity contribution in [2.45, 2.75) is 50.8 Å². The molecule has 2 heterocycles. The highest BCUT2D eigenvalue weighted by molar-refractivity contribution is 7.89. The van der Waals surface area contributed by atoms with E-state index in [1.54, 1.807) is 32.9 Å². The van der Waals surface area contributed by atoms with E-state index in [1.165, 1.54) is 33.5 Å². The van der Waals surface area contributed by atoms with Gasteiger partial charge in [0.2, 0.25) is 21.8 Å². The molecule has 0 unspecified atom stereocenters. The van der Waals surface area contributed by atoms with Crippen LogP contribution >= 0.6 is 0 Å². The normalized spacial score (nSPS) is 20.3. The van der Waals surface area contributed by atoms with Crippen LogP contribution in [-0.4, -0.2) is 44.2 Å². The van der Waals surface area contributed by atoms with Crippen LogP contribution in [-0.2, 0) is 25.0 Å². The number of sulfonamides is 1. The summed E-state index contributed by atoms with van der Waals surface area (Å²) in [6, 6.07) is 8.75. The fourth-order valence-electron chi connectivity index (χ4n) is 4.74. The number of hydrogen-bond acceptors (Lipinski definition) is 4. The molecule has 1 N–H and O–H groups in total. The summed E-state index contributed by atoms with van der Waals surface area (Å²) in [7, 11) is -3.68. The number of carbonyl (C=O) groups excluding carboxylic acids is 2. The lowest BCUT2D eigenvalue weighted by Crippen LogP contribution is -2.40. The van der Waals surface area contributed by atoms with E-state index in [0.29, 0.717) is 41.5 Å². The van der Waals surface area contributed by atoms with E-state index in [-0.39, 0.29) is 17.3 Å². The summed E-state index contributed by atoms with van der Waals surface area (Å²) >= 11 is 0. The SMILES string of the molecule is Cc1cc(F)ccc1NC(=O)CN1C(=O)C(C)(C)c2cc(S(=O)(=O)N3CCC[C@H](C)C3)ccc21. The van der Waals surface area contributed by atoms with E-state index >= 15 is 0 Å². The molecule has 4 rings (SSSR count). The van der Waals surface area contributed by atoms with Crippen LogP contribution in [0.2, 0.25) is 0 Å². The minimum atomic E-state index is -3.68. The highest BCUT2D eigenvalue weighted by Gasteiger charge is 2.45. The molecule has 7 nitrogen and oxygen atoms in total. The molecule has 2 aromatic rings. The first-order valence-electron chi connectivity index (χ1n) is 11.4. The molecule has 0 radical (unpaired) electrons. The standard InChI is InChI=1S/C25H30FN3O4S/c1-16-6-5-11-28(14-16)34(32,33)19-8-10-22-20(13-19)25(3,4)24(31)29(22)15-23(30)27-21-9-7-18(26)12-17(21)2/h7-10,12-13,16H,5-6,11,14-15H2,1-4H3,(H,27,30)/t16-/m0/s1. The lowest BCUT2D eigenvalue weighted by atomic mass is 9.86. The van der Waals surface area contributed by atoms with Crippen molar-refractivity contribution >= 4 is 33.2 Å². The maximum absolute atomic E-state index is 13.4. The van der Waals surface area contributed by atoms with E-state index in [2.05, 4.69) is 5.32 Å². The van der Waals surface area contributed by atoms with Crippen LogP contribution in [0.1, 0.15) is 44.7 Å². The zero-order valence-corrected chi connectivity index (χ0v) is 20.7. The van der Waals surface area contributed by atoms with Crippen LogP contribution in [0.25, 0.3) is 0 Å². The zero-order chi connectivity index (χ0) is 24.8. The minimum Gasteiger partial charge on any atom is -0.324 e. The molecule has 0 bridgehead atoms. The molecule has 2 aromatic carbocycles. The van der Waals surface area contributed by atoms with Gasteiger partial charge < -0.3 is 10.2 Å². The van der Waals surface area contributed by atoms with Crippen LogP contribution in [0, 0.1) is 18.7 Å². The van der Waals surface area contributed by atoms with Crippen molar-refractivity contribution in [3.63, 3.8) is 0 Å². The van der Waals surface area contributed by atoms with E-state index in [9.17, 15) is 22.4 Å². The van der Waals surface area contributed by atoms with Crippen molar-refractivity contribution < 1.29 is 22.4 Å². The lowest BCUT2D eigenvalue weighted by molar-refractivity contribution is -0.124. The van der Waals surface area contributed by atoms with Gasteiger partial charge in [-0.1, -0.05) is 6.92 Å². The van der Waals surface area contributed by atoms with Gasteiger partial charge in [0.15, 0.2) is 0 Å². The molecule has 9 heteroatoms. The van der Waals surface area contributed by atoms with Gasteiger partial charge in [0, 0.05) is 24.5 Å². The molecule has 1 fully saturated rings. The predicted molar refractivity (Wildman–Crippen MR) is 129 cm³/mol. The fraction of sp³-hybridized carbons (Fsp3) is 0.440. The Morgan fingerprint density at radius 1 is 1.21 bits per heavy atom. The second-order valence-corrected chi connectivity index (χ2v) is 11.8. The molecule has 0 aromatic heterocycles. The average Bonchev–Trinajstić information content (AvgIpc) is 2.96. The molecule has 34 heavy (non-hydrogen) atoms. The van der Waals surface area contributed by atoms with Crippen LogP contribution in [0.4, 0.5) is 15.8 Å². The molecule has 0 saturated carbocycles. The third-order valence-corrected chi connectivity index (χ3v) is 8.59. The topological polar surface area (TPSA) is 86.8 Å². The van der Waals surface area contributed by atoms with Gasteiger partial charge in [0.05, 0.1) is 10.3 Å². The first kappa shape index (κ1) is 24.3. The third kappa shape index (κ3) is 4.34. The molecule has 2 aliphatic rings. The van der Waals surface area contributed by atoms with Crippen LogP contribution in [0.15, 0.2) is 41.3 Å². The van der Waals surface area contributed by atoms with Crippen molar-refractivity contribution in [1.82, 2.24) is 4.31 Å². The molecule has 182 valence electrons. The number of rotatable bonds is 5. The number of carbonyl (C=O) groups is 2. The van der Waals surface area contributed by atoms with E-state index < -0.39 is 27.2 Å². The van der Waals surface area contributed by atoms with Crippen molar-refractivity contribution in [3.05, 3.63) is 53.3 Å². The summed E-state index contributed by atoms with van der Waals surface area (Å²) < 4.78 is 41.4. The van der Waals surface area contributed by atoms with Gasteiger partial charge in [0.25, 0.3) is 0 Å². The van der Waals surface area contributed by atoms with Gasteiger partial charge in [0.1, 0.15) is 12.4 Å². The summed E-state index contributed by atoms with van der Waals surface area (Å²) in [5.41, 5.74) is 1.15. The number of piperidine rings is 1. The van der Waals surface area contributed by atoms with Gasteiger partial charge in [-0.05, 0) is 87.1 Å². The molecule has 0 aliphatic carbocycles. The van der Waals surface area contributed by atoms with Crippen LogP contribution < -0.4 is 10.2 Å². The molecule has 0 spiro atoms. The number of fused-ring (bicyclic) bond motifs is 1. The van der Waals surface area contributed by atoms with Gasteiger partial charge in [-0.3, -0.25) is 9.59 Å². The van der Waals surface area contributed by atoms with E-state index in [0.717, 1.165) is 12.8 Å². The number of nitrogens with zero attached hydrogens (tertiary/aromatic N) is 2. The van der Waals surface area contributed by atoms with Crippen molar-refractivity contribution in [2.24, 2.45) is 5.92 Å². The molecule has 1 atom stereocenters. The van der Waals surface area contributed by atoms with Gasteiger partial charge in [-0.2, -0.15) is 4.31 Å². The van der Waals surface area contributed by atoms with Crippen molar-refractivity contribution in [2.75, 3.05) is 29.9 Å². The number of benzene rings is 2. The van der Waals surface area contributed by atoms with Gasteiger partial charge in [-0.25, -0.2) is 12.8 Å². The van der Waals surface area contributed by atoms with E-state index in [1.807, 2.05) is 6.92 Å². The van der Waals surface area contributed by atoms with E-state index in [4.69, 9.17) is 0 Å².